The number of benzene rings is 1. The van der Waals surface area contributed by atoms with Crippen LogP contribution in [0, 0.1) is 6.92 Å². The Hall–Kier alpha value is -0.149. The van der Waals surface area contributed by atoms with Gasteiger partial charge < -0.3 is 18.1 Å². The van der Waals surface area contributed by atoms with Crippen molar-refractivity contribution in [3.05, 3.63) is 28.8 Å². The van der Waals surface area contributed by atoms with Crippen LogP contribution in [0.3, 0.4) is 0 Å². The number of halogens is 3. The fraction of sp³-hybridized carbons (Fsp3) is 0.111. The van der Waals surface area contributed by atoms with Gasteiger partial charge in [-0.05, 0) is 13.0 Å². The summed E-state index contributed by atoms with van der Waals surface area (Å²) < 4.78 is 37.7. The van der Waals surface area contributed by atoms with Gasteiger partial charge in [-0.2, -0.15) is 0 Å². The Kier molecular flexibility index (Phi) is 6.09. The molecule has 1 aromatic carbocycles. The average molecular weight is 270 g/mol. The van der Waals surface area contributed by atoms with Crippen molar-refractivity contribution in [1.82, 2.24) is 0 Å². The third kappa shape index (κ3) is 3.92. The molecule has 1 N–H and O–H groups in total. The molecule has 0 aliphatic heterocycles. The van der Waals surface area contributed by atoms with Crippen LogP contribution in [0.25, 0.3) is 0 Å². The summed E-state index contributed by atoms with van der Waals surface area (Å²) in [6.07, 6.45) is 0.192. The second-order valence-electron chi connectivity index (χ2n) is 3.28. The summed E-state index contributed by atoms with van der Waals surface area (Å²) in [6, 6.07) is 1.59. The van der Waals surface area contributed by atoms with Gasteiger partial charge in [0.05, 0.1) is 5.56 Å². The summed E-state index contributed by atoms with van der Waals surface area (Å²) in [5.74, 6) is -1.48. The van der Waals surface area contributed by atoms with Crippen LogP contribution in [-0.4, -0.2) is 24.3 Å². The maximum atomic E-state index is 12.6. The zero-order chi connectivity index (χ0) is 12.5. The molecule has 0 aliphatic rings. The van der Waals surface area contributed by atoms with Crippen molar-refractivity contribution in [3.8, 4) is 0 Å². The molecule has 3 nitrogen and oxygen atoms in total. The zero-order valence-electron chi connectivity index (χ0n) is 9.21. The van der Waals surface area contributed by atoms with Gasteiger partial charge >= 0.3 is 64.3 Å². The molecule has 1 aromatic rings. The predicted molar refractivity (Wildman–Crippen MR) is 52.2 cm³/mol. The first-order valence-corrected chi connectivity index (χ1v) is 4.30. The number of carboxylic acid groups (broad SMARTS) is 1. The van der Waals surface area contributed by atoms with Crippen molar-refractivity contribution in [2.24, 2.45) is 0 Å². The van der Waals surface area contributed by atoms with Crippen LogP contribution < -0.4 is 56.8 Å². The van der Waals surface area contributed by atoms with E-state index in [1.807, 2.05) is 0 Å². The third-order valence-corrected chi connectivity index (χ3v) is 2.19. The van der Waals surface area contributed by atoms with Crippen molar-refractivity contribution in [2.75, 3.05) is 0 Å². The van der Waals surface area contributed by atoms with Crippen molar-refractivity contribution in [3.63, 3.8) is 0 Å². The summed E-state index contributed by atoms with van der Waals surface area (Å²) in [4.78, 5) is 21.1. The number of hydrogen-bond donors (Lipinski definition) is 1. The van der Waals surface area contributed by atoms with Crippen LogP contribution in [0.2, 0.25) is 0 Å². The Bertz CT molecular complexity index is 460. The molecular formula is C9H7BF3KO3. The second kappa shape index (κ2) is 6.15. The van der Waals surface area contributed by atoms with Gasteiger partial charge in [-0.15, -0.1) is 5.46 Å². The molecule has 0 radical (unpaired) electrons. The molecule has 86 valence electrons. The fourth-order valence-electron chi connectivity index (χ4n) is 1.39. The van der Waals surface area contributed by atoms with Gasteiger partial charge in [-0.3, -0.25) is 4.79 Å². The van der Waals surface area contributed by atoms with Crippen LogP contribution in [0.1, 0.15) is 26.3 Å². The van der Waals surface area contributed by atoms with E-state index in [4.69, 9.17) is 5.11 Å². The van der Waals surface area contributed by atoms with Crippen molar-refractivity contribution in [1.29, 1.82) is 0 Å². The maximum absolute atomic E-state index is 12.6. The van der Waals surface area contributed by atoms with Crippen LogP contribution >= 0.6 is 0 Å². The average Bonchev–Trinajstić information content (AvgIpc) is 2.15. The zero-order valence-corrected chi connectivity index (χ0v) is 12.3. The molecule has 0 spiro atoms. The molecule has 0 aliphatic carbocycles. The number of carbonyl (C=O) groups excluding carboxylic acids is 1. The standard InChI is InChI=1S/C9H7BF3O3.K/c1-5-7(9(15)16)2-6(4-14)3-8(5)10(11,12)13;/h2-4H,1H3,(H,15,16);/q-1;+1. The summed E-state index contributed by atoms with van der Waals surface area (Å²) in [5, 5.41) is 8.70. The van der Waals surface area contributed by atoms with Crippen LogP contribution in [0.4, 0.5) is 12.9 Å². The number of carbonyl (C=O) groups is 2. The van der Waals surface area contributed by atoms with Crippen molar-refractivity contribution < 1.29 is 79.0 Å². The SMILES string of the molecule is Cc1c(C(=O)O)cc(C=O)cc1[B-](F)(F)F.[K+]. The van der Waals surface area contributed by atoms with E-state index in [2.05, 4.69) is 0 Å². The Labute approximate surface area is 138 Å². The van der Waals surface area contributed by atoms with Crippen LogP contribution in [0.5, 0.6) is 0 Å². The van der Waals surface area contributed by atoms with E-state index in [0.717, 1.165) is 13.0 Å². The molecule has 8 heteroatoms. The molecule has 0 saturated heterocycles. The molecule has 0 amide bonds. The molecule has 17 heavy (non-hydrogen) atoms. The monoisotopic (exact) mass is 270 g/mol. The smallest absolute Gasteiger partial charge is 0.478 e. The Morgan fingerprint density at radius 3 is 2.24 bits per heavy atom. The van der Waals surface area contributed by atoms with E-state index in [1.54, 1.807) is 0 Å². The Morgan fingerprint density at radius 2 is 1.88 bits per heavy atom. The van der Waals surface area contributed by atoms with E-state index < -0.39 is 24.0 Å². The maximum Gasteiger partial charge on any atom is 1.00 e. The fourth-order valence-corrected chi connectivity index (χ4v) is 1.39. The molecule has 0 saturated carbocycles. The summed E-state index contributed by atoms with van der Waals surface area (Å²) in [7, 11) is 0. The number of rotatable bonds is 3. The van der Waals surface area contributed by atoms with Gasteiger partial charge in [0.25, 0.3) is 0 Å². The minimum absolute atomic E-state index is 0. The predicted octanol–water partition coefficient (Wildman–Crippen LogP) is -1.44. The first kappa shape index (κ1) is 16.9. The number of aldehydes is 1. The molecule has 0 unspecified atom stereocenters. The van der Waals surface area contributed by atoms with Crippen LogP contribution in [-0.2, 0) is 0 Å². The van der Waals surface area contributed by atoms with E-state index >= 15 is 0 Å². The van der Waals surface area contributed by atoms with Gasteiger partial charge in [0.15, 0.2) is 0 Å². The molecule has 0 bridgehead atoms. The third-order valence-electron chi connectivity index (χ3n) is 2.19. The van der Waals surface area contributed by atoms with E-state index in [1.165, 1.54) is 0 Å². The van der Waals surface area contributed by atoms with E-state index in [9.17, 15) is 22.5 Å². The van der Waals surface area contributed by atoms with Gasteiger partial charge in [0, 0.05) is 5.56 Å². The molecule has 0 heterocycles. The molecule has 1 rings (SSSR count). The van der Waals surface area contributed by atoms with Gasteiger partial charge in [-0.1, -0.05) is 11.6 Å². The van der Waals surface area contributed by atoms with Gasteiger partial charge in [0.2, 0.25) is 0 Å². The first-order chi connectivity index (χ1) is 7.27. The van der Waals surface area contributed by atoms with Crippen molar-refractivity contribution >= 4 is 24.7 Å². The normalized spacial score (nSPS) is 10.6. The van der Waals surface area contributed by atoms with E-state index in [-0.39, 0.29) is 68.8 Å². The quantitative estimate of drug-likeness (QED) is 0.541. The molecule has 0 atom stereocenters. The summed E-state index contributed by atoms with van der Waals surface area (Å²) in [5.41, 5.74) is -2.20. The summed E-state index contributed by atoms with van der Waals surface area (Å²) in [6.45, 7) is -4.25. The van der Waals surface area contributed by atoms with Gasteiger partial charge in [-0.25, -0.2) is 4.79 Å². The topological polar surface area (TPSA) is 54.4 Å². The number of hydrogen-bond acceptors (Lipinski definition) is 2. The Morgan fingerprint density at radius 1 is 1.35 bits per heavy atom. The van der Waals surface area contributed by atoms with Crippen molar-refractivity contribution in [2.45, 2.75) is 6.92 Å². The first-order valence-electron chi connectivity index (χ1n) is 4.30. The van der Waals surface area contributed by atoms with E-state index in [0.29, 0.717) is 6.07 Å². The molecular weight excluding hydrogens is 263 g/mol. The molecule has 0 fully saturated rings. The number of carboxylic acids is 1. The minimum Gasteiger partial charge on any atom is -0.478 e. The summed E-state index contributed by atoms with van der Waals surface area (Å²) >= 11 is 0. The number of aromatic carboxylic acids is 1. The largest absolute Gasteiger partial charge is 1.00 e. The van der Waals surface area contributed by atoms with Gasteiger partial charge in [0.1, 0.15) is 6.29 Å². The minimum atomic E-state index is -5.33. The second-order valence-corrected chi connectivity index (χ2v) is 3.28. The Balaban J connectivity index is 0.00000256. The molecule has 0 aromatic heterocycles. The van der Waals surface area contributed by atoms with Crippen LogP contribution in [0.15, 0.2) is 12.1 Å².